The van der Waals surface area contributed by atoms with Crippen LogP contribution in [0.1, 0.15) is 61.8 Å². The average molecular weight is 378 g/mol. The maximum Gasteiger partial charge on any atom is 1.00 e. The number of nitrogens with two attached hydrogens (primary N) is 1. The third-order valence-electron chi connectivity index (χ3n) is 5.60. The molecule has 3 radical (unpaired) electrons. The van der Waals surface area contributed by atoms with Crippen molar-refractivity contribution in [3.05, 3.63) is 47.0 Å². The van der Waals surface area contributed by atoms with Gasteiger partial charge >= 0.3 is 51.4 Å². The molecular formula is C21H32BKN2O-. The van der Waals surface area contributed by atoms with Crippen LogP contribution in [0, 0.1) is 18.3 Å². The number of hydrogen-bond donors (Lipinski definition) is 1. The summed E-state index contributed by atoms with van der Waals surface area (Å²) in [6, 6.07) is 4.72. The van der Waals surface area contributed by atoms with Crippen LogP contribution in [0.15, 0.2) is 12.1 Å². The van der Waals surface area contributed by atoms with Crippen LogP contribution in [-0.4, -0.2) is 20.9 Å². The molecule has 0 heterocycles. The van der Waals surface area contributed by atoms with Gasteiger partial charge in [-0.2, -0.15) is 0 Å². The quantitative estimate of drug-likeness (QED) is 0.438. The molecule has 1 aliphatic carbocycles. The Morgan fingerprint density at radius 3 is 2.27 bits per heavy atom. The second-order valence-corrected chi connectivity index (χ2v) is 7.59. The molecule has 3 N–H and O–H groups in total. The van der Waals surface area contributed by atoms with Crippen molar-refractivity contribution in [2.24, 2.45) is 17.1 Å². The molecule has 3 nitrogen and oxygen atoms in total. The summed E-state index contributed by atoms with van der Waals surface area (Å²) in [7, 11) is 0. The molecule has 26 heavy (non-hydrogen) atoms. The molecule has 1 aliphatic rings. The third kappa shape index (κ3) is 6.75. The van der Waals surface area contributed by atoms with Crippen LogP contribution >= 0.6 is 0 Å². The maximum atomic E-state index is 11.7. The van der Waals surface area contributed by atoms with E-state index in [2.05, 4.69) is 32.9 Å². The number of fused-ring (bicyclic) bond motifs is 1. The minimum Gasteiger partial charge on any atom is -0.670 e. The number of aryl methyl sites for hydroxylation is 3. The van der Waals surface area contributed by atoms with Gasteiger partial charge < -0.3 is 23.2 Å². The van der Waals surface area contributed by atoms with E-state index in [0.717, 1.165) is 38.6 Å². The molecule has 137 valence electrons. The normalized spacial score (nSPS) is 20.2. The summed E-state index contributed by atoms with van der Waals surface area (Å²) >= 11 is 0. The summed E-state index contributed by atoms with van der Waals surface area (Å²) in [5.41, 5.74) is 18.1. The molecule has 0 fully saturated rings. The standard InChI is InChI=1S/C21H33N2O.B.K/c1-4-16-13-17-7-9-21(3,20(23)24)10-8-18(17)14-19(16)12-15(2)6-5-11-22;;/h13-15H,3-12,22H2,1-2H3,(H2,23,24);;/q-1;;+1/p-1. The molecule has 0 saturated heterocycles. The van der Waals surface area contributed by atoms with Crippen LogP contribution in [0.2, 0.25) is 0 Å². The van der Waals surface area contributed by atoms with Crippen molar-refractivity contribution in [1.82, 2.24) is 0 Å². The van der Waals surface area contributed by atoms with Gasteiger partial charge in [0.1, 0.15) is 0 Å². The van der Waals surface area contributed by atoms with Crippen molar-refractivity contribution in [1.29, 1.82) is 0 Å². The molecule has 1 amide bonds. The van der Waals surface area contributed by atoms with Crippen molar-refractivity contribution in [3.8, 4) is 0 Å². The Morgan fingerprint density at radius 1 is 1.27 bits per heavy atom. The van der Waals surface area contributed by atoms with E-state index in [1.165, 1.54) is 28.7 Å². The van der Waals surface area contributed by atoms with E-state index >= 15 is 0 Å². The molecule has 0 bridgehead atoms. The molecule has 2 unspecified atom stereocenters. The third-order valence-corrected chi connectivity index (χ3v) is 5.60. The zero-order valence-electron chi connectivity index (χ0n) is 16.9. The summed E-state index contributed by atoms with van der Waals surface area (Å²) < 4.78 is 0. The Balaban J connectivity index is 0.00000312. The predicted octanol–water partition coefficient (Wildman–Crippen LogP) is 1.07. The van der Waals surface area contributed by atoms with Gasteiger partial charge in [-0.05, 0) is 73.2 Å². The van der Waals surface area contributed by atoms with E-state index in [4.69, 9.17) is 11.5 Å². The van der Waals surface area contributed by atoms with Gasteiger partial charge in [0, 0.05) is 14.3 Å². The summed E-state index contributed by atoms with van der Waals surface area (Å²) in [5.74, 6) is 0.131. The molecule has 0 saturated carbocycles. The smallest absolute Gasteiger partial charge is 0.670 e. The Morgan fingerprint density at radius 2 is 1.81 bits per heavy atom. The maximum absolute atomic E-state index is 11.7. The number of amides is 1. The zero-order valence-corrected chi connectivity index (χ0v) is 20.0. The Labute approximate surface area is 204 Å². The topological polar surface area (TPSA) is 66.9 Å². The molecule has 0 aliphatic heterocycles. The molecule has 5 heteroatoms. The molecule has 0 spiro atoms. The van der Waals surface area contributed by atoms with Crippen LogP contribution in [-0.2, 0) is 30.5 Å². The van der Waals surface area contributed by atoms with E-state index < -0.39 is 11.3 Å². The van der Waals surface area contributed by atoms with Crippen LogP contribution in [0.25, 0.3) is 5.73 Å². The molecule has 2 rings (SSSR count). The van der Waals surface area contributed by atoms with E-state index in [9.17, 15) is 4.79 Å². The van der Waals surface area contributed by atoms with E-state index in [0.29, 0.717) is 18.8 Å². The minimum atomic E-state index is -0.722. The van der Waals surface area contributed by atoms with Crippen molar-refractivity contribution < 1.29 is 56.2 Å². The summed E-state index contributed by atoms with van der Waals surface area (Å²) in [6.07, 6.45) is 7.50. The summed E-state index contributed by atoms with van der Waals surface area (Å²) in [4.78, 5) is 11.7. The van der Waals surface area contributed by atoms with E-state index in [1.54, 1.807) is 0 Å². The van der Waals surface area contributed by atoms with Crippen LogP contribution in [0.5, 0.6) is 0 Å². The number of hydrogen-bond acceptors (Lipinski definition) is 2. The van der Waals surface area contributed by atoms with Crippen LogP contribution in [0.3, 0.4) is 0 Å². The molecule has 2 atom stereocenters. The fourth-order valence-electron chi connectivity index (χ4n) is 3.82. The number of carbonyl (C=O) groups excluding carboxylic acids is 1. The second-order valence-electron chi connectivity index (χ2n) is 7.59. The first-order valence-corrected chi connectivity index (χ1v) is 9.34. The molecular weight excluding hydrogens is 346 g/mol. The fourth-order valence-corrected chi connectivity index (χ4v) is 3.82. The Kier molecular flexibility index (Phi) is 12.2. The summed E-state index contributed by atoms with van der Waals surface area (Å²) in [5, 5.41) is 0. The van der Waals surface area contributed by atoms with Gasteiger partial charge in [-0.1, -0.05) is 38.8 Å². The van der Waals surface area contributed by atoms with Crippen molar-refractivity contribution in [2.45, 2.75) is 65.2 Å². The van der Waals surface area contributed by atoms with E-state index in [1.807, 2.05) is 0 Å². The van der Waals surface area contributed by atoms with Gasteiger partial charge in [0.05, 0.1) is 0 Å². The van der Waals surface area contributed by atoms with Gasteiger partial charge in [-0.3, -0.25) is 0 Å². The average Bonchev–Trinajstić information content (AvgIpc) is 2.72. The van der Waals surface area contributed by atoms with Gasteiger partial charge in [0.15, 0.2) is 0 Å². The summed E-state index contributed by atoms with van der Waals surface area (Å²) in [6.45, 7) is 9.36. The first-order chi connectivity index (χ1) is 11.4. The number of nitrogens with one attached hydrogen (secondary N) is 1. The Bertz CT molecular complexity index is 594. The number of rotatable bonds is 7. The Hall–Kier alpha value is 0.351. The minimum absolute atomic E-state index is 0. The predicted molar refractivity (Wildman–Crippen MR) is 106 cm³/mol. The largest absolute Gasteiger partial charge is 1.00 e. The first kappa shape index (κ1) is 26.4. The first-order valence-electron chi connectivity index (χ1n) is 9.34. The number of benzene rings is 1. The van der Waals surface area contributed by atoms with E-state index in [-0.39, 0.29) is 59.8 Å². The fraction of sp³-hybridized carbons (Fsp3) is 0.619. The SMILES string of the molecule is [B].[CH2-]C1(C([NH-])=O)CCc2cc(CC)c(CC(C)CCCN)cc2CC1.[K+]. The van der Waals surface area contributed by atoms with Crippen LogP contribution in [0.4, 0.5) is 0 Å². The molecule has 1 aromatic carbocycles. The number of carbonyl (C=O) groups is 1. The monoisotopic (exact) mass is 378 g/mol. The van der Waals surface area contributed by atoms with Crippen LogP contribution < -0.4 is 57.1 Å². The van der Waals surface area contributed by atoms with Gasteiger partial charge in [0.2, 0.25) is 0 Å². The van der Waals surface area contributed by atoms with Gasteiger partial charge in [0.25, 0.3) is 0 Å². The van der Waals surface area contributed by atoms with Crippen molar-refractivity contribution in [2.75, 3.05) is 6.54 Å². The molecule has 1 aromatic rings. The zero-order chi connectivity index (χ0) is 17.7. The van der Waals surface area contributed by atoms with Crippen molar-refractivity contribution >= 4 is 14.3 Å². The van der Waals surface area contributed by atoms with Gasteiger partial charge in [-0.25, -0.2) is 0 Å². The molecule has 0 aromatic heterocycles. The van der Waals surface area contributed by atoms with Gasteiger partial charge in [-0.15, -0.1) is 5.41 Å². The van der Waals surface area contributed by atoms with Crippen molar-refractivity contribution in [3.63, 3.8) is 0 Å². The second kappa shape index (κ2) is 12.0.